The fourth-order valence-electron chi connectivity index (χ4n) is 1.79. The van der Waals surface area contributed by atoms with E-state index in [4.69, 9.17) is 0 Å². The number of hydrogen-bond acceptors (Lipinski definition) is 0. The summed E-state index contributed by atoms with van der Waals surface area (Å²) in [4.78, 5) is 0. The van der Waals surface area contributed by atoms with Gasteiger partial charge in [-0.25, -0.2) is 0 Å². The van der Waals surface area contributed by atoms with Crippen molar-refractivity contribution in [2.45, 2.75) is 46.5 Å². The van der Waals surface area contributed by atoms with Crippen molar-refractivity contribution in [2.75, 3.05) is 0 Å². The van der Waals surface area contributed by atoms with Gasteiger partial charge in [0.25, 0.3) is 0 Å². The standard InChI is InChI=1S/C16H22/c1-6-7-13(2)12-14-8-10-15(11-9-14)16(3,4)5/h8-11,13H,12H2,1-5H3. The molecule has 0 radical (unpaired) electrons. The Labute approximate surface area is 100 Å². The quantitative estimate of drug-likeness (QED) is 0.648. The van der Waals surface area contributed by atoms with Crippen LogP contribution in [0.4, 0.5) is 0 Å². The Morgan fingerprint density at radius 2 is 1.69 bits per heavy atom. The minimum absolute atomic E-state index is 0.243. The molecule has 0 N–H and O–H groups in total. The average Bonchev–Trinajstić information content (AvgIpc) is 2.17. The second-order valence-corrected chi connectivity index (χ2v) is 5.45. The van der Waals surface area contributed by atoms with Crippen molar-refractivity contribution >= 4 is 0 Å². The largest absolute Gasteiger partial charge is 0.106 e. The highest BCUT2D eigenvalue weighted by molar-refractivity contribution is 5.28. The fraction of sp³-hybridized carbons (Fsp3) is 0.500. The Hall–Kier alpha value is -1.22. The van der Waals surface area contributed by atoms with Gasteiger partial charge in [0.1, 0.15) is 0 Å². The van der Waals surface area contributed by atoms with Gasteiger partial charge >= 0.3 is 0 Å². The molecule has 1 rings (SSSR count). The van der Waals surface area contributed by atoms with Gasteiger partial charge in [-0.1, -0.05) is 52.0 Å². The van der Waals surface area contributed by atoms with E-state index in [2.05, 4.69) is 63.8 Å². The Morgan fingerprint density at radius 3 is 2.12 bits per heavy atom. The molecule has 1 aromatic rings. The molecule has 0 aromatic heterocycles. The fourth-order valence-corrected chi connectivity index (χ4v) is 1.79. The summed E-state index contributed by atoms with van der Waals surface area (Å²) in [6, 6.07) is 8.94. The molecule has 86 valence electrons. The van der Waals surface area contributed by atoms with Crippen LogP contribution in [0, 0.1) is 17.8 Å². The maximum atomic E-state index is 3.19. The van der Waals surface area contributed by atoms with Crippen LogP contribution in [0.2, 0.25) is 0 Å². The van der Waals surface area contributed by atoms with Crippen molar-refractivity contribution in [3.05, 3.63) is 35.4 Å². The molecular weight excluding hydrogens is 192 g/mol. The van der Waals surface area contributed by atoms with E-state index in [-0.39, 0.29) is 5.41 Å². The van der Waals surface area contributed by atoms with E-state index in [1.165, 1.54) is 11.1 Å². The molecule has 0 nitrogen and oxygen atoms in total. The summed E-state index contributed by atoms with van der Waals surface area (Å²) < 4.78 is 0. The highest BCUT2D eigenvalue weighted by Gasteiger charge is 2.12. The van der Waals surface area contributed by atoms with Crippen LogP contribution in [0.25, 0.3) is 0 Å². The van der Waals surface area contributed by atoms with Crippen molar-refractivity contribution in [1.29, 1.82) is 0 Å². The van der Waals surface area contributed by atoms with Crippen LogP contribution in [-0.2, 0) is 11.8 Å². The smallest absolute Gasteiger partial charge is 0.0214 e. The summed E-state index contributed by atoms with van der Waals surface area (Å²) in [6.07, 6.45) is 1.05. The van der Waals surface area contributed by atoms with Gasteiger partial charge in [-0.15, -0.1) is 11.8 Å². The Bertz CT molecular complexity index is 379. The minimum atomic E-state index is 0.243. The number of rotatable bonds is 2. The van der Waals surface area contributed by atoms with E-state index in [1.807, 2.05) is 6.92 Å². The Balaban J connectivity index is 2.75. The summed E-state index contributed by atoms with van der Waals surface area (Å²) >= 11 is 0. The summed E-state index contributed by atoms with van der Waals surface area (Å²) in [5.74, 6) is 6.61. The zero-order chi connectivity index (χ0) is 12.2. The van der Waals surface area contributed by atoms with Crippen molar-refractivity contribution < 1.29 is 0 Å². The highest BCUT2D eigenvalue weighted by Crippen LogP contribution is 2.22. The molecule has 0 heteroatoms. The van der Waals surface area contributed by atoms with Gasteiger partial charge < -0.3 is 0 Å². The van der Waals surface area contributed by atoms with Gasteiger partial charge in [-0.2, -0.15) is 0 Å². The lowest BCUT2D eigenvalue weighted by atomic mass is 9.86. The Kier molecular flexibility index (Phi) is 4.19. The predicted molar refractivity (Wildman–Crippen MR) is 71.5 cm³/mol. The third kappa shape index (κ3) is 3.74. The monoisotopic (exact) mass is 214 g/mol. The summed E-state index contributed by atoms with van der Waals surface area (Å²) in [5, 5.41) is 0. The molecule has 1 unspecified atom stereocenters. The van der Waals surface area contributed by atoms with Crippen LogP contribution in [0.5, 0.6) is 0 Å². The first-order chi connectivity index (χ1) is 7.43. The lowest BCUT2D eigenvalue weighted by Gasteiger charge is -2.19. The van der Waals surface area contributed by atoms with Crippen LogP contribution in [-0.4, -0.2) is 0 Å². The van der Waals surface area contributed by atoms with Crippen LogP contribution in [0.3, 0.4) is 0 Å². The van der Waals surface area contributed by atoms with Crippen molar-refractivity contribution in [2.24, 2.45) is 5.92 Å². The molecule has 0 spiro atoms. The van der Waals surface area contributed by atoms with Gasteiger partial charge in [0.05, 0.1) is 0 Å². The average molecular weight is 214 g/mol. The molecular formula is C16H22. The van der Waals surface area contributed by atoms with Crippen molar-refractivity contribution in [3.63, 3.8) is 0 Å². The number of benzene rings is 1. The number of hydrogen-bond donors (Lipinski definition) is 0. The Morgan fingerprint density at radius 1 is 1.12 bits per heavy atom. The second-order valence-electron chi connectivity index (χ2n) is 5.45. The molecule has 0 aliphatic carbocycles. The summed E-state index contributed by atoms with van der Waals surface area (Å²) in [6.45, 7) is 10.8. The molecule has 0 heterocycles. The summed E-state index contributed by atoms with van der Waals surface area (Å²) in [5.41, 5.74) is 3.02. The van der Waals surface area contributed by atoms with Gasteiger partial charge in [0, 0.05) is 5.92 Å². The topological polar surface area (TPSA) is 0 Å². The first kappa shape index (κ1) is 12.8. The van der Waals surface area contributed by atoms with E-state index in [9.17, 15) is 0 Å². The van der Waals surface area contributed by atoms with Crippen molar-refractivity contribution in [1.82, 2.24) is 0 Å². The minimum Gasteiger partial charge on any atom is -0.106 e. The molecule has 16 heavy (non-hydrogen) atoms. The summed E-state index contributed by atoms with van der Waals surface area (Å²) in [7, 11) is 0. The highest BCUT2D eigenvalue weighted by atomic mass is 14.2. The van der Waals surface area contributed by atoms with Gasteiger partial charge in [-0.05, 0) is 29.9 Å². The molecule has 0 aliphatic heterocycles. The van der Waals surface area contributed by atoms with Gasteiger partial charge in [-0.3, -0.25) is 0 Å². The van der Waals surface area contributed by atoms with E-state index in [0.29, 0.717) is 5.92 Å². The lowest BCUT2D eigenvalue weighted by Crippen LogP contribution is -2.10. The van der Waals surface area contributed by atoms with Crippen LogP contribution < -0.4 is 0 Å². The third-order valence-corrected chi connectivity index (χ3v) is 2.75. The molecule has 0 saturated carbocycles. The van der Waals surface area contributed by atoms with E-state index < -0.39 is 0 Å². The van der Waals surface area contributed by atoms with Crippen LogP contribution in [0.15, 0.2) is 24.3 Å². The lowest BCUT2D eigenvalue weighted by molar-refractivity contribution is 0.589. The predicted octanol–water partition coefficient (Wildman–Crippen LogP) is 4.19. The maximum Gasteiger partial charge on any atom is 0.0214 e. The van der Waals surface area contributed by atoms with Crippen molar-refractivity contribution in [3.8, 4) is 11.8 Å². The molecule has 1 atom stereocenters. The van der Waals surface area contributed by atoms with E-state index >= 15 is 0 Å². The molecule has 0 saturated heterocycles. The normalized spacial score (nSPS) is 12.8. The second kappa shape index (κ2) is 5.21. The van der Waals surface area contributed by atoms with E-state index in [0.717, 1.165) is 6.42 Å². The van der Waals surface area contributed by atoms with Gasteiger partial charge in [0.15, 0.2) is 0 Å². The molecule has 0 aliphatic rings. The van der Waals surface area contributed by atoms with Crippen LogP contribution >= 0.6 is 0 Å². The first-order valence-corrected chi connectivity index (χ1v) is 5.95. The van der Waals surface area contributed by atoms with Crippen LogP contribution in [0.1, 0.15) is 45.7 Å². The first-order valence-electron chi connectivity index (χ1n) is 5.95. The molecule has 0 amide bonds. The molecule has 0 bridgehead atoms. The zero-order valence-electron chi connectivity index (χ0n) is 11.1. The SMILES string of the molecule is CC#CC(C)Cc1ccc(C(C)(C)C)cc1. The molecule has 0 fully saturated rings. The maximum absolute atomic E-state index is 3.19. The third-order valence-electron chi connectivity index (χ3n) is 2.75. The zero-order valence-corrected chi connectivity index (χ0v) is 11.1. The molecule has 1 aromatic carbocycles. The van der Waals surface area contributed by atoms with E-state index in [1.54, 1.807) is 0 Å². The van der Waals surface area contributed by atoms with Gasteiger partial charge in [0.2, 0.25) is 0 Å².